The number of hydrogen-bond donors (Lipinski definition) is 0. The Bertz CT molecular complexity index is 212. The zero-order valence-corrected chi connectivity index (χ0v) is 7.53. The lowest BCUT2D eigenvalue weighted by molar-refractivity contribution is -0.173. The van der Waals surface area contributed by atoms with E-state index in [2.05, 4.69) is 0 Å². The molecule has 68 valence electrons. The summed E-state index contributed by atoms with van der Waals surface area (Å²) in [7, 11) is 1.61. The normalized spacial score (nSPS) is 24.7. The van der Waals surface area contributed by atoms with Crippen LogP contribution >= 0.6 is 0 Å². The number of cyclic esters (lactones) is 1. The minimum Gasteiger partial charge on any atom is -0.453 e. The van der Waals surface area contributed by atoms with Gasteiger partial charge in [-0.1, -0.05) is 13.8 Å². The largest absolute Gasteiger partial charge is 0.453 e. The van der Waals surface area contributed by atoms with E-state index in [1.165, 1.54) is 4.90 Å². The summed E-state index contributed by atoms with van der Waals surface area (Å²) in [5.74, 6) is -1.03. The van der Waals surface area contributed by atoms with E-state index in [0.717, 1.165) is 0 Å². The Labute approximate surface area is 71.5 Å². The zero-order chi connectivity index (χ0) is 9.30. The lowest BCUT2D eigenvalue weighted by atomic mass is 10.1. The molecule has 1 fully saturated rings. The summed E-state index contributed by atoms with van der Waals surface area (Å²) >= 11 is 0. The van der Waals surface area contributed by atoms with Crippen molar-refractivity contribution in [1.29, 1.82) is 0 Å². The standard InChI is InChI=1S/C8H13NO3/c1-5(2)6-4-9(3)7(10)8(11)12-6/h5-6H,4H2,1-3H3. The second kappa shape index (κ2) is 3.13. The van der Waals surface area contributed by atoms with Crippen molar-refractivity contribution >= 4 is 11.9 Å². The van der Waals surface area contributed by atoms with Gasteiger partial charge < -0.3 is 9.64 Å². The first-order chi connectivity index (χ1) is 5.52. The summed E-state index contributed by atoms with van der Waals surface area (Å²) < 4.78 is 4.90. The minimum absolute atomic E-state index is 0.153. The lowest BCUT2D eigenvalue weighted by Gasteiger charge is -2.30. The van der Waals surface area contributed by atoms with Crippen LogP contribution in [0.1, 0.15) is 13.8 Å². The first-order valence-electron chi connectivity index (χ1n) is 3.98. The van der Waals surface area contributed by atoms with E-state index in [4.69, 9.17) is 4.74 Å². The third-order valence-corrected chi connectivity index (χ3v) is 1.98. The molecule has 0 aromatic heterocycles. The topological polar surface area (TPSA) is 46.6 Å². The van der Waals surface area contributed by atoms with E-state index >= 15 is 0 Å². The minimum atomic E-state index is -0.734. The van der Waals surface area contributed by atoms with Crippen molar-refractivity contribution in [3.63, 3.8) is 0 Å². The number of carbonyl (C=O) groups is 2. The Morgan fingerprint density at radius 1 is 1.50 bits per heavy atom. The number of esters is 1. The van der Waals surface area contributed by atoms with E-state index in [9.17, 15) is 9.59 Å². The Morgan fingerprint density at radius 3 is 2.50 bits per heavy atom. The fourth-order valence-electron chi connectivity index (χ4n) is 1.08. The molecule has 12 heavy (non-hydrogen) atoms. The van der Waals surface area contributed by atoms with Crippen molar-refractivity contribution in [3.05, 3.63) is 0 Å². The zero-order valence-electron chi connectivity index (χ0n) is 7.53. The molecular weight excluding hydrogens is 158 g/mol. The fraction of sp³-hybridized carbons (Fsp3) is 0.750. The Hall–Kier alpha value is -1.06. The molecule has 4 nitrogen and oxygen atoms in total. The van der Waals surface area contributed by atoms with Crippen LogP contribution in [0.15, 0.2) is 0 Å². The number of ether oxygens (including phenoxy) is 1. The molecule has 1 aliphatic heterocycles. The number of likely N-dealkylation sites (N-methyl/N-ethyl adjacent to an activating group) is 1. The van der Waals surface area contributed by atoms with E-state index in [1.807, 2.05) is 13.8 Å². The molecule has 0 N–H and O–H groups in total. The monoisotopic (exact) mass is 171 g/mol. The van der Waals surface area contributed by atoms with Crippen molar-refractivity contribution in [2.45, 2.75) is 20.0 Å². The third kappa shape index (κ3) is 1.57. The van der Waals surface area contributed by atoms with Crippen molar-refractivity contribution in [2.24, 2.45) is 5.92 Å². The molecule has 1 atom stereocenters. The Balaban J connectivity index is 2.66. The molecule has 1 amide bonds. The number of nitrogens with zero attached hydrogens (tertiary/aromatic N) is 1. The van der Waals surface area contributed by atoms with Crippen molar-refractivity contribution < 1.29 is 14.3 Å². The maximum atomic E-state index is 10.9. The fourth-order valence-corrected chi connectivity index (χ4v) is 1.08. The number of hydrogen-bond acceptors (Lipinski definition) is 3. The van der Waals surface area contributed by atoms with E-state index in [1.54, 1.807) is 7.05 Å². The van der Waals surface area contributed by atoms with Crippen molar-refractivity contribution in [2.75, 3.05) is 13.6 Å². The van der Waals surface area contributed by atoms with Gasteiger partial charge in [0.05, 0.1) is 6.54 Å². The van der Waals surface area contributed by atoms with Gasteiger partial charge in [0.25, 0.3) is 0 Å². The van der Waals surface area contributed by atoms with Gasteiger partial charge in [0.15, 0.2) is 0 Å². The predicted octanol–water partition coefficient (Wildman–Crippen LogP) is 0.0262. The number of morpholine rings is 1. The van der Waals surface area contributed by atoms with Crippen LogP contribution in [-0.2, 0) is 14.3 Å². The summed E-state index contributed by atoms with van der Waals surface area (Å²) in [6.45, 7) is 4.42. The second-order valence-corrected chi connectivity index (χ2v) is 3.37. The summed E-state index contributed by atoms with van der Waals surface area (Å²) in [4.78, 5) is 23.2. The van der Waals surface area contributed by atoms with Crippen LogP contribution in [0.5, 0.6) is 0 Å². The SMILES string of the molecule is CC(C)C1CN(C)C(=O)C(=O)O1. The molecular formula is C8H13NO3. The van der Waals surface area contributed by atoms with Gasteiger partial charge in [-0.25, -0.2) is 4.79 Å². The van der Waals surface area contributed by atoms with Gasteiger partial charge in [0.2, 0.25) is 0 Å². The first-order valence-corrected chi connectivity index (χ1v) is 3.98. The molecule has 0 aromatic rings. The molecule has 0 radical (unpaired) electrons. The van der Waals surface area contributed by atoms with Gasteiger partial charge in [0, 0.05) is 7.05 Å². The second-order valence-electron chi connectivity index (χ2n) is 3.37. The van der Waals surface area contributed by atoms with Crippen LogP contribution in [0.4, 0.5) is 0 Å². The first kappa shape index (κ1) is 9.03. The smallest absolute Gasteiger partial charge is 0.397 e. The third-order valence-electron chi connectivity index (χ3n) is 1.98. The molecule has 1 aliphatic rings. The van der Waals surface area contributed by atoms with Crippen LogP contribution in [0.3, 0.4) is 0 Å². The summed E-state index contributed by atoms with van der Waals surface area (Å²) in [5.41, 5.74) is 0. The van der Waals surface area contributed by atoms with E-state index < -0.39 is 11.9 Å². The number of carbonyl (C=O) groups excluding carboxylic acids is 2. The molecule has 4 heteroatoms. The summed E-state index contributed by atoms with van der Waals surface area (Å²) in [6, 6.07) is 0. The molecule has 1 heterocycles. The maximum absolute atomic E-state index is 10.9. The van der Waals surface area contributed by atoms with Crippen molar-refractivity contribution in [1.82, 2.24) is 4.90 Å². The molecule has 0 bridgehead atoms. The van der Waals surface area contributed by atoms with Gasteiger partial charge in [-0.15, -0.1) is 0 Å². The molecule has 1 unspecified atom stereocenters. The van der Waals surface area contributed by atoms with Gasteiger partial charge in [-0.2, -0.15) is 0 Å². The predicted molar refractivity (Wildman–Crippen MR) is 42.4 cm³/mol. The highest BCUT2D eigenvalue weighted by Gasteiger charge is 2.33. The van der Waals surface area contributed by atoms with Crippen LogP contribution in [0, 0.1) is 5.92 Å². The quantitative estimate of drug-likeness (QED) is 0.413. The van der Waals surface area contributed by atoms with Crippen LogP contribution in [-0.4, -0.2) is 36.5 Å². The van der Waals surface area contributed by atoms with E-state index in [0.29, 0.717) is 6.54 Å². The average molecular weight is 171 g/mol. The molecule has 0 aliphatic carbocycles. The molecule has 0 aromatic carbocycles. The Morgan fingerprint density at radius 2 is 2.08 bits per heavy atom. The molecule has 0 saturated carbocycles. The van der Waals surface area contributed by atoms with Gasteiger partial charge in [-0.05, 0) is 5.92 Å². The van der Waals surface area contributed by atoms with Gasteiger partial charge >= 0.3 is 11.9 Å². The van der Waals surface area contributed by atoms with Crippen LogP contribution < -0.4 is 0 Å². The molecule has 1 rings (SSSR count). The lowest BCUT2D eigenvalue weighted by Crippen LogP contribution is -2.49. The maximum Gasteiger partial charge on any atom is 0.397 e. The Kier molecular flexibility index (Phi) is 2.35. The molecule has 0 spiro atoms. The highest BCUT2D eigenvalue weighted by atomic mass is 16.6. The highest BCUT2D eigenvalue weighted by molar-refractivity contribution is 6.32. The van der Waals surface area contributed by atoms with Crippen LogP contribution in [0.2, 0.25) is 0 Å². The number of rotatable bonds is 1. The van der Waals surface area contributed by atoms with Gasteiger partial charge in [0.1, 0.15) is 6.10 Å². The van der Waals surface area contributed by atoms with Gasteiger partial charge in [-0.3, -0.25) is 4.79 Å². The average Bonchev–Trinajstić information content (AvgIpc) is 1.99. The summed E-state index contributed by atoms with van der Waals surface area (Å²) in [5, 5.41) is 0. The number of amides is 1. The van der Waals surface area contributed by atoms with Crippen molar-refractivity contribution in [3.8, 4) is 0 Å². The summed E-state index contributed by atoms with van der Waals surface area (Å²) in [6.07, 6.45) is -0.153. The van der Waals surface area contributed by atoms with Crippen LogP contribution in [0.25, 0.3) is 0 Å². The molecule has 1 saturated heterocycles. The van der Waals surface area contributed by atoms with E-state index in [-0.39, 0.29) is 12.0 Å². The highest BCUT2D eigenvalue weighted by Crippen LogP contribution is 2.13.